The summed E-state index contributed by atoms with van der Waals surface area (Å²) in [5, 5.41) is 7.24. The lowest BCUT2D eigenvalue weighted by Gasteiger charge is -2.12. The van der Waals surface area contributed by atoms with Crippen LogP contribution >= 0.6 is 11.3 Å². The summed E-state index contributed by atoms with van der Waals surface area (Å²) in [5.41, 5.74) is 5.90. The highest BCUT2D eigenvalue weighted by Gasteiger charge is 2.15. The van der Waals surface area contributed by atoms with Gasteiger partial charge in [-0.25, -0.2) is 4.98 Å². The molecule has 3 aromatic rings. The van der Waals surface area contributed by atoms with E-state index in [4.69, 9.17) is 0 Å². The van der Waals surface area contributed by atoms with Crippen LogP contribution < -0.4 is 10.6 Å². The summed E-state index contributed by atoms with van der Waals surface area (Å²) in [5.74, 6) is -0.0456. The number of unbranched alkanes of at least 4 members (excludes halogenated alkanes) is 1. The molecule has 0 saturated carbocycles. The number of thiazole rings is 1. The van der Waals surface area contributed by atoms with Crippen molar-refractivity contribution < 1.29 is 4.79 Å². The van der Waals surface area contributed by atoms with Crippen LogP contribution in [0.4, 0.5) is 5.13 Å². The lowest BCUT2D eigenvalue weighted by atomic mass is 9.97. The van der Waals surface area contributed by atoms with Gasteiger partial charge in [-0.3, -0.25) is 4.79 Å². The zero-order chi connectivity index (χ0) is 22.8. The number of rotatable bonds is 11. The van der Waals surface area contributed by atoms with Crippen LogP contribution in [-0.4, -0.2) is 24.0 Å². The third-order valence-corrected chi connectivity index (χ3v) is 6.50. The molecule has 1 amide bonds. The molecule has 0 bridgehead atoms. The van der Waals surface area contributed by atoms with Gasteiger partial charge in [-0.2, -0.15) is 0 Å². The standard InChI is InChI=1S/C27H33N3OS/c1-4-5-14-23(24-15-10-9-11-20(24)2)17-19-28-26(31)25-21(3)30-27(32-25)29-18-16-22-12-7-6-8-13-22/h6-15H,4-5,16-19H2,1-3H3,(H,28,31)(H,29,30)/b23-14-. The number of aryl methyl sites for hydroxylation is 2. The van der Waals surface area contributed by atoms with Crippen LogP contribution in [0.2, 0.25) is 0 Å². The van der Waals surface area contributed by atoms with Gasteiger partial charge in [0.15, 0.2) is 5.13 Å². The first kappa shape index (κ1) is 23.7. The summed E-state index contributed by atoms with van der Waals surface area (Å²) in [7, 11) is 0. The fourth-order valence-electron chi connectivity index (χ4n) is 3.63. The maximum atomic E-state index is 12.8. The first-order valence-electron chi connectivity index (χ1n) is 11.4. The molecule has 5 heteroatoms. The van der Waals surface area contributed by atoms with E-state index >= 15 is 0 Å². The highest BCUT2D eigenvalue weighted by atomic mass is 32.1. The minimum atomic E-state index is -0.0456. The highest BCUT2D eigenvalue weighted by Crippen LogP contribution is 2.24. The number of hydrogen-bond donors (Lipinski definition) is 2. The summed E-state index contributed by atoms with van der Waals surface area (Å²) in [4.78, 5) is 18.0. The van der Waals surface area contributed by atoms with E-state index < -0.39 is 0 Å². The molecule has 0 atom stereocenters. The topological polar surface area (TPSA) is 54.0 Å². The third-order valence-electron chi connectivity index (χ3n) is 5.39. The molecule has 0 fully saturated rings. The zero-order valence-electron chi connectivity index (χ0n) is 19.3. The quantitative estimate of drug-likeness (QED) is 0.357. The zero-order valence-corrected chi connectivity index (χ0v) is 20.1. The van der Waals surface area contributed by atoms with Gasteiger partial charge < -0.3 is 10.6 Å². The molecule has 2 N–H and O–H groups in total. The molecule has 2 aromatic carbocycles. The maximum Gasteiger partial charge on any atom is 0.263 e. The van der Waals surface area contributed by atoms with E-state index in [9.17, 15) is 4.79 Å². The molecule has 0 spiro atoms. The van der Waals surface area contributed by atoms with Crippen molar-refractivity contribution in [3.63, 3.8) is 0 Å². The second kappa shape index (κ2) is 12.2. The number of anilines is 1. The van der Waals surface area contributed by atoms with Crippen molar-refractivity contribution in [1.29, 1.82) is 0 Å². The van der Waals surface area contributed by atoms with E-state index in [-0.39, 0.29) is 5.91 Å². The van der Waals surface area contributed by atoms with Gasteiger partial charge in [-0.1, -0.05) is 85.4 Å². The van der Waals surface area contributed by atoms with Crippen molar-refractivity contribution in [2.75, 3.05) is 18.4 Å². The molecule has 4 nitrogen and oxygen atoms in total. The van der Waals surface area contributed by atoms with Crippen LogP contribution in [0, 0.1) is 13.8 Å². The maximum absolute atomic E-state index is 12.8. The second-order valence-corrected chi connectivity index (χ2v) is 8.93. The minimum Gasteiger partial charge on any atom is -0.361 e. The van der Waals surface area contributed by atoms with Crippen molar-refractivity contribution in [3.05, 3.63) is 87.9 Å². The molecule has 0 radical (unpaired) electrons. The number of nitrogens with one attached hydrogen (secondary N) is 2. The molecule has 1 aromatic heterocycles. The summed E-state index contributed by atoms with van der Waals surface area (Å²) in [6.07, 6.45) is 6.20. The fourth-order valence-corrected chi connectivity index (χ4v) is 4.54. The monoisotopic (exact) mass is 447 g/mol. The molecule has 32 heavy (non-hydrogen) atoms. The average Bonchev–Trinajstić information content (AvgIpc) is 3.17. The average molecular weight is 448 g/mol. The Morgan fingerprint density at radius 3 is 2.53 bits per heavy atom. The van der Waals surface area contributed by atoms with Crippen molar-refractivity contribution in [3.8, 4) is 0 Å². The van der Waals surface area contributed by atoms with E-state index in [0.29, 0.717) is 11.4 Å². The Hall–Kier alpha value is -2.92. The van der Waals surface area contributed by atoms with E-state index in [1.165, 1.54) is 33.6 Å². The first-order valence-corrected chi connectivity index (χ1v) is 12.2. The Kier molecular flexibility index (Phi) is 9.05. The minimum absolute atomic E-state index is 0.0456. The molecule has 3 rings (SSSR count). The van der Waals surface area contributed by atoms with Crippen LogP contribution in [0.25, 0.3) is 5.57 Å². The van der Waals surface area contributed by atoms with Crippen LogP contribution in [-0.2, 0) is 6.42 Å². The third kappa shape index (κ3) is 6.79. The Bertz CT molecular complexity index is 1040. The molecule has 1 heterocycles. The number of carbonyl (C=O) groups excluding carboxylic acids is 1. The Morgan fingerprint density at radius 2 is 1.78 bits per heavy atom. The largest absolute Gasteiger partial charge is 0.361 e. The smallest absolute Gasteiger partial charge is 0.263 e. The number of allylic oxidation sites excluding steroid dienone is 1. The second-order valence-electron chi connectivity index (χ2n) is 7.93. The Labute approximate surface area is 195 Å². The summed E-state index contributed by atoms with van der Waals surface area (Å²) < 4.78 is 0. The lowest BCUT2D eigenvalue weighted by molar-refractivity contribution is 0.0958. The van der Waals surface area contributed by atoms with Gasteiger partial charge in [-0.05, 0) is 55.4 Å². The summed E-state index contributed by atoms with van der Waals surface area (Å²) in [6, 6.07) is 18.8. The van der Waals surface area contributed by atoms with E-state index in [1.807, 2.05) is 25.1 Å². The van der Waals surface area contributed by atoms with Crippen LogP contribution in [0.1, 0.15) is 58.2 Å². The number of amides is 1. The molecule has 0 unspecified atom stereocenters. The van der Waals surface area contributed by atoms with Gasteiger partial charge >= 0.3 is 0 Å². The lowest BCUT2D eigenvalue weighted by Crippen LogP contribution is -2.24. The van der Waals surface area contributed by atoms with Gasteiger partial charge in [0.2, 0.25) is 0 Å². The predicted octanol–water partition coefficient (Wildman–Crippen LogP) is 6.42. The van der Waals surface area contributed by atoms with Crippen LogP contribution in [0.3, 0.4) is 0 Å². The first-order chi connectivity index (χ1) is 15.6. The molecular formula is C27H33N3OS. The van der Waals surface area contributed by atoms with E-state index in [0.717, 1.165) is 43.1 Å². The summed E-state index contributed by atoms with van der Waals surface area (Å²) >= 11 is 1.43. The van der Waals surface area contributed by atoms with E-state index in [2.05, 4.69) is 71.9 Å². The molecule has 0 aliphatic carbocycles. The fraction of sp³-hybridized carbons (Fsp3) is 0.333. The number of aromatic nitrogens is 1. The Morgan fingerprint density at radius 1 is 1.03 bits per heavy atom. The SMILES string of the molecule is CCC/C=C(/CCNC(=O)c1sc(NCCc2ccccc2)nc1C)c1ccccc1C. The molecule has 0 saturated heterocycles. The summed E-state index contributed by atoms with van der Waals surface area (Å²) in [6.45, 7) is 7.62. The Balaban J connectivity index is 1.54. The highest BCUT2D eigenvalue weighted by molar-refractivity contribution is 7.17. The molecular weight excluding hydrogens is 414 g/mol. The van der Waals surface area contributed by atoms with E-state index in [1.54, 1.807) is 0 Å². The van der Waals surface area contributed by atoms with Crippen molar-refractivity contribution >= 4 is 27.9 Å². The van der Waals surface area contributed by atoms with Crippen LogP contribution in [0.15, 0.2) is 60.7 Å². The van der Waals surface area contributed by atoms with Crippen LogP contribution in [0.5, 0.6) is 0 Å². The van der Waals surface area contributed by atoms with Gasteiger partial charge in [0.25, 0.3) is 5.91 Å². The molecule has 0 aliphatic heterocycles. The number of carbonyl (C=O) groups is 1. The number of hydrogen-bond acceptors (Lipinski definition) is 4. The number of nitrogens with zero attached hydrogens (tertiary/aromatic N) is 1. The normalized spacial score (nSPS) is 11.4. The van der Waals surface area contributed by atoms with Gasteiger partial charge in [0, 0.05) is 13.1 Å². The molecule has 0 aliphatic rings. The predicted molar refractivity (Wildman–Crippen MR) is 137 cm³/mol. The van der Waals surface area contributed by atoms with Crippen molar-refractivity contribution in [2.45, 2.75) is 46.5 Å². The van der Waals surface area contributed by atoms with Crippen molar-refractivity contribution in [1.82, 2.24) is 10.3 Å². The van der Waals surface area contributed by atoms with Gasteiger partial charge in [-0.15, -0.1) is 0 Å². The molecule has 168 valence electrons. The number of benzene rings is 2. The van der Waals surface area contributed by atoms with Gasteiger partial charge in [0.05, 0.1) is 5.69 Å². The van der Waals surface area contributed by atoms with Gasteiger partial charge in [0.1, 0.15) is 4.88 Å². The van der Waals surface area contributed by atoms with Crippen molar-refractivity contribution in [2.24, 2.45) is 0 Å².